The molecule has 0 unspecified atom stereocenters. The van der Waals surface area contributed by atoms with Crippen LogP contribution >= 0.6 is 0 Å². The Morgan fingerprint density at radius 3 is 2.69 bits per heavy atom. The van der Waals surface area contributed by atoms with Gasteiger partial charge in [0.05, 0.1) is 16.8 Å². The Bertz CT molecular complexity index is 1100. The SMILES string of the molecule is CCCc1cc(=O)oc2c1c1c(c3oc([N+](=O)[O-])cc32)CCC(C)(C)O1. The molecule has 2 aromatic heterocycles. The second-order valence-corrected chi connectivity index (χ2v) is 7.30. The first-order valence-electron chi connectivity index (χ1n) is 8.69. The van der Waals surface area contributed by atoms with Crippen LogP contribution in [-0.2, 0) is 12.8 Å². The standard InChI is InChI=1S/C19H19NO6/c1-4-5-10-8-14(21)25-17-12-9-13(20(22)23)24-16(12)11-6-7-19(2,3)26-18(11)15(10)17/h8-9H,4-7H2,1-3H3. The molecule has 26 heavy (non-hydrogen) atoms. The zero-order valence-electron chi connectivity index (χ0n) is 14.9. The highest BCUT2D eigenvalue weighted by molar-refractivity contribution is 6.09. The van der Waals surface area contributed by atoms with Gasteiger partial charge in [0.25, 0.3) is 0 Å². The van der Waals surface area contributed by atoms with Crippen LogP contribution in [0.15, 0.2) is 25.8 Å². The molecule has 7 heteroatoms. The van der Waals surface area contributed by atoms with E-state index < -0.39 is 10.5 Å². The maximum absolute atomic E-state index is 12.1. The Morgan fingerprint density at radius 1 is 1.23 bits per heavy atom. The van der Waals surface area contributed by atoms with Crippen LogP contribution in [0.3, 0.4) is 0 Å². The third kappa shape index (κ3) is 2.46. The molecule has 0 atom stereocenters. The smallest absolute Gasteiger partial charge is 0.434 e. The van der Waals surface area contributed by atoms with Gasteiger partial charge in [-0.2, -0.15) is 0 Å². The number of hydrogen-bond donors (Lipinski definition) is 0. The topological polar surface area (TPSA) is 95.7 Å². The Labute approximate surface area is 148 Å². The summed E-state index contributed by atoms with van der Waals surface area (Å²) in [5, 5.41) is 12.4. The monoisotopic (exact) mass is 357 g/mol. The predicted molar refractivity (Wildman–Crippen MR) is 95.9 cm³/mol. The van der Waals surface area contributed by atoms with E-state index in [0.29, 0.717) is 35.1 Å². The fourth-order valence-electron chi connectivity index (χ4n) is 3.65. The summed E-state index contributed by atoms with van der Waals surface area (Å²) in [5.41, 5.74) is 1.42. The number of fused-ring (bicyclic) bond motifs is 6. The molecule has 0 saturated carbocycles. The van der Waals surface area contributed by atoms with E-state index in [9.17, 15) is 14.9 Å². The first kappa shape index (κ1) is 16.6. The van der Waals surface area contributed by atoms with Crippen LogP contribution < -0.4 is 10.4 Å². The maximum Gasteiger partial charge on any atom is 0.434 e. The van der Waals surface area contributed by atoms with E-state index in [0.717, 1.165) is 29.4 Å². The minimum Gasteiger partial charge on any atom is -0.487 e. The van der Waals surface area contributed by atoms with Crippen molar-refractivity contribution in [3.63, 3.8) is 0 Å². The maximum atomic E-state index is 12.1. The summed E-state index contributed by atoms with van der Waals surface area (Å²) in [4.78, 5) is 22.7. The van der Waals surface area contributed by atoms with Crippen molar-refractivity contribution in [1.82, 2.24) is 0 Å². The van der Waals surface area contributed by atoms with Crippen LogP contribution in [0.5, 0.6) is 5.75 Å². The fraction of sp³-hybridized carbons (Fsp3) is 0.421. The van der Waals surface area contributed by atoms with E-state index in [4.69, 9.17) is 13.6 Å². The molecule has 3 heterocycles. The molecule has 0 fully saturated rings. The number of ether oxygens (including phenoxy) is 1. The summed E-state index contributed by atoms with van der Waals surface area (Å²) in [6.45, 7) is 6.02. The Morgan fingerprint density at radius 2 is 2.00 bits per heavy atom. The number of nitro groups is 1. The summed E-state index contributed by atoms with van der Waals surface area (Å²) < 4.78 is 17.2. The minimum absolute atomic E-state index is 0.296. The van der Waals surface area contributed by atoms with Gasteiger partial charge in [-0.15, -0.1) is 0 Å². The fourth-order valence-corrected chi connectivity index (χ4v) is 3.65. The number of nitrogens with zero attached hydrogens (tertiary/aromatic N) is 1. The van der Waals surface area contributed by atoms with Crippen molar-refractivity contribution in [3.05, 3.63) is 43.8 Å². The minimum atomic E-state index is -0.583. The van der Waals surface area contributed by atoms with Crippen molar-refractivity contribution >= 4 is 27.8 Å². The largest absolute Gasteiger partial charge is 0.487 e. The summed E-state index contributed by atoms with van der Waals surface area (Å²) in [7, 11) is 0. The lowest BCUT2D eigenvalue weighted by Gasteiger charge is -2.33. The van der Waals surface area contributed by atoms with Gasteiger partial charge >= 0.3 is 11.5 Å². The summed E-state index contributed by atoms with van der Waals surface area (Å²) in [6, 6.07) is 2.81. The molecule has 1 aromatic carbocycles. The van der Waals surface area contributed by atoms with E-state index in [-0.39, 0.29) is 11.5 Å². The molecule has 1 aliphatic heterocycles. The Kier molecular flexibility index (Phi) is 3.57. The Hall–Kier alpha value is -2.83. The van der Waals surface area contributed by atoms with Crippen LogP contribution in [0.4, 0.5) is 5.88 Å². The molecule has 0 saturated heterocycles. The third-order valence-electron chi connectivity index (χ3n) is 4.84. The summed E-state index contributed by atoms with van der Waals surface area (Å²) in [5.74, 6) is 0.239. The molecule has 0 spiro atoms. The zero-order chi connectivity index (χ0) is 18.6. The number of rotatable bonds is 3. The molecule has 0 amide bonds. The van der Waals surface area contributed by atoms with E-state index in [1.807, 2.05) is 20.8 Å². The van der Waals surface area contributed by atoms with Gasteiger partial charge in [-0.1, -0.05) is 13.3 Å². The van der Waals surface area contributed by atoms with Crippen LogP contribution in [0.25, 0.3) is 21.9 Å². The van der Waals surface area contributed by atoms with Crippen molar-refractivity contribution in [2.75, 3.05) is 0 Å². The first-order chi connectivity index (χ1) is 12.3. The van der Waals surface area contributed by atoms with Crippen molar-refractivity contribution in [2.45, 2.75) is 52.1 Å². The molecule has 1 aliphatic rings. The highest BCUT2D eigenvalue weighted by Gasteiger charge is 2.34. The van der Waals surface area contributed by atoms with Gasteiger partial charge in [0.15, 0.2) is 11.2 Å². The average Bonchev–Trinajstić information content (AvgIpc) is 2.99. The molecule has 0 bridgehead atoms. The van der Waals surface area contributed by atoms with E-state index >= 15 is 0 Å². The lowest BCUT2D eigenvalue weighted by atomic mass is 9.90. The van der Waals surface area contributed by atoms with Crippen molar-refractivity contribution in [2.24, 2.45) is 0 Å². The number of benzene rings is 1. The molecular formula is C19H19NO6. The quantitative estimate of drug-likeness (QED) is 0.389. The van der Waals surface area contributed by atoms with Gasteiger partial charge in [-0.05, 0) is 38.7 Å². The van der Waals surface area contributed by atoms with Gasteiger partial charge in [0.2, 0.25) is 0 Å². The third-order valence-corrected chi connectivity index (χ3v) is 4.84. The summed E-state index contributed by atoms with van der Waals surface area (Å²) >= 11 is 0. The highest BCUT2D eigenvalue weighted by atomic mass is 16.6. The van der Waals surface area contributed by atoms with Crippen LogP contribution in [0.1, 0.15) is 44.7 Å². The number of hydrogen-bond acceptors (Lipinski definition) is 6. The molecule has 0 N–H and O–H groups in total. The molecule has 136 valence electrons. The average molecular weight is 357 g/mol. The van der Waals surface area contributed by atoms with Crippen LogP contribution in [-0.4, -0.2) is 10.5 Å². The van der Waals surface area contributed by atoms with Crippen molar-refractivity contribution < 1.29 is 18.5 Å². The van der Waals surface area contributed by atoms with Crippen molar-refractivity contribution in [3.8, 4) is 5.75 Å². The van der Waals surface area contributed by atoms with Crippen LogP contribution in [0, 0.1) is 10.1 Å². The van der Waals surface area contributed by atoms with Gasteiger partial charge in [0, 0.05) is 11.6 Å². The number of furan rings is 1. The first-order valence-corrected chi connectivity index (χ1v) is 8.69. The van der Waals surface area contributed by atoms with E-state index in [1.54, 1.807) is 0 Å². The molecule has 4 rings (SSSR count). The van der Waals surface area contributed by atoms with Gasteiger partial charge in [-0.25, -0.2) is 4.79 Å². The van der Waals surface area contributed by atoms with Gasteiger partial charge in [0.1, 0.15) is 16.3 Å². The lowest BCUT2D eigenvalue weighted by Crippen LogP contribution is -2.32. The van der Waals surface area contributed by atoms with Gasteiger partial charge < -0.3 is 13.6 Å². The summed E-state index contributed by atoms with van der Waals surface area (Å²) in [6.07, 6.45) is 2.96. The molecule has 7 nitrogen and oxygen atoms in total. The second kappa shape index (κ2) is 5.59. The molecular weight excluding hydrogens is 338 g/mol. The normalized spacial score (nSPS) is 15.8. The molecule has 3 aromatic rings. The lowest BCUT2D eigenvalue weighted by molar-refractivity contribution is -0.401. The predicted octanol–water partition coefficient (Wildman–Crippen LogP) is 4.50. The van der Waals surface area contributed by atoms with E-state index in [2.05, 4.69) is 0 Å². The van der Waals surface area contributed by atoms with E-state index in [1.165, 1.54) is 12.1 Å². The molecule has 0 aliphatic carbocycles. The highest BCUT2D eigenvalue weighted by Crippen LogP contribution is 2.46. The number of aryl methyl sites for hydroxylation is 2. The van der Waals surface area contributed by atoms with Gasteiger partial charge in [-0.3, -0.25) is 10.1 Å². The second-order valence-electron chi connectivity index (χ2n) is 7.30. The Balaban J connectivity index is 2.20. The van der Waals surface area contributed by atoms with Crippen molar-refractivity contribution in [1.29, 1.82) is 0 Å². The van der Waals surface area contributed by atoms with Crippen LogP contribution in [0.2, 0.25) is 0 Å². The zero-order valence-corrected chi connectivity index (χ0v) is 14.9. The molecule has 0 radical (unpaired) electrons.